The van der Waals surface area contributed by atoms with Crippen LogP contribution in [-0.4, -0.2) is 46.4 Å². The van der Waals surface area contributed by atoms with E-state index in [2.05, 4.69) is 15.3 Å². The number of alkyl halides is 5. The number of nitrogens with one attached hydrogen (secondary N) is 1. The minimum absolute atomic E-state index is 0.0574. The smallest absolute Gasteiger partial charge is 0.424 e. The molecule has 2 N–H and O–H groups in total. The number of rotatable bonds is 8. The van der Waals surface area contributed by atoms with Crippen LogP contribution in [-0.2, 0) is 5.60 Å². The number of ether oxygens (including phenoxy) is 2. The van der Waals surface area contributed by atoms with Gasteiger partial charge in [-0.1, -0.05) is 6.92 Å². The van der Waals surface area contributed by atoms with Crippen LogP contribution in [0.2, 0.25) is 0 Å². The van der Waals surface area contributed by atoms with Gasteiger partial charge in [0.25, 0.3) is 12.3 Å². The van der Waals surface area contributed by atoms with Crippen LogP contribution >= 0.6 is 0 Å². The highest BCUT2D eigenvalue weighted by Gasteiger charge is 2.57. The van der Waals surface area contributed by atoms with Gasteiger partial charge in [-0.25, -0.2) is 22.5 Å². The molecule has 2 aromatic heterocycles. The number of carbonyl (C=O) groups excluding carboxylic acids is 1. The highest BCUT2D eigenvalue weighted by atomic mass is 19.4. The van der Waals surface area contributed by atoms with Gasteiger partial charge in [0.1, 0.15) is 22.7 Å². The summed E-state index contributed by atoms with van der Waals surface area (Å²) in [7, 11) is 0. The Morgan fingerprint density at radius 1 is 1.11 bits per heavy atom. The number of amides is 1. The third kappa shape index (κ3) is 5.74. The van der Waals surface area contributed by atoms with E-state index in [1.54, 1.807) is 6.92 Å². The fraction of sp³-hybridized carbons (Fsp3) is 0.323. The fourth-order valence-electron chi connectivity index (χ4n) is 5.01. The molecular weight excluding hydrogens is 611 g/mol. The first-order valence-electron chi connectivity index (χ1n) is 13.8. The number of nitrogens with zero attached hydrogens (tertiary/aromatic N) is 2. The van der Waals surface area contributed by atoms with Crippen LogP contribution in [0.1, 0.15) is 59.3 Å². The summed E-state index contributed by atoms with van der Waals surface area (Å²) in [6.07, 6.45) is -6.02. The first-order valence-corrected chi connectivity index (χ1v) is 13.8. The highest BCUT2D eigenvalue weighted by molar-refractivity contribution is 6.00. The van der Waals surface area contributed by atoms with Gasteiger partial charge >= 0.3 is 6.18 Å². The molecule has 0 bridgehead atoms. The molecule has 4 aromatic rings. The molecule has 1 unspecified atom stereocenters. The summed E-state index contributed by atoms with van der Waals surface area (Å²) in [6.45, 7) is 0.321. The molecule has 7 nitrogen and oxygen atoms in total. The third-order valence-electron chi connectivity index (χ3n) is 7.70. The molecule has 14 heteroatoms. The molecule has 1 amide bonds. The molecule has 2 aromatic carbocycles. The van der Waals surface area contributed by atoms with Crippen molar-refractivity contribution in [3.8, 4) is 22.8 Å². The number of hydrogen-bond donors (Lipinski definition) is 2. The molecule has 0 radical (unpaired) electrons. The zero-order valence-corrected chi connectivity index (χ0v) is 23.4. The van der Waals surface area contributed by atoms with Crippen LogP contribution in [0.4, 0.5) is 30.7 Å². The first kappa shape index (κ1) is 30.6. The summed E-state index contributed by atoms with van der Waals surface area (Å²) >= 11 is 0. The molecule has 0 saturated heterocycles. The van der Waals surface area contributed by atoms with Gasteiger partial charge in [0, 0.05) is 39.8 Å². The average molecular weight is 636 g/mol. The average Bonchev–Trinajstić information content (AvgIpc) is 3.74. The highest BCUT2D eigenvalue weighted by Crippen LogP contribution is 2.46. The van der Waals surface area contributed by atoms with Crippen molar-refractivity contribution in [1.29, 1.82) is 0 Å². The van der Waals surface area contributed by atoms with E-state index in [1.165, 1.54) is 12.1 Å². The van der Waals surface area contributed by atoms with Gasteiger partial charge in [-0.3, -0.25) is 9.78 Å². The molecule has 236 valence electrons. The number of carbonyl (C=O) groups is 1. The largest absolute Gasteiger partial charge is 0.490 e. The maximum absolute atomic E-state index is 14.6. The van der Waals surface area contributed by atoms with Gasteiger partial charge in [-0.2, -0.15) is 13.2 Å². The lowest BCUT2D eigenvalue weighted by Gasteiger charge is -2.31. The van der Waals surface area contributed by atoms with Gasteiger partial charge in [0.05, 0.1) is 24.9 Å². The Balaban J connectivity index is 1.37. The van der Waals surface area contributed by atoms with Crippen LogP contribution in [0.15, 0.2) is 48.7 Å². The van der Waals surface area contributed by atoms with E-state index in [4.69, 9.17) is 9.47 Å². The molecule has 1 saturated carbocycles. The second kappa shape index (κ2) is 11.2. The van der Waals surface area contributed by atoms with E-state index in [-0.39, 0.29) is 57.5 Å². The number of hydrogen-bond acceptors (Lipinski definition) is 6. The van der Waals surface area contributed by atoms with E-state index in [1.807, 2.05) is 0 Å². The molecule has 45 heavy (non-hydrogen) atoms. The Morgan fingerprint density at radius 3 is 2.53 bits per heavy atom. The number of fused-ring (bicyclic) bond motifs is 2. The van der Waals surface area contributed by atoms with Crippen LogP contribution in [0.5, 0.6) is 11.5 Å². The number of benzene rings is 2. The lowest BCUT2D eigenvalue weighted by atomic mass is 9.92. The topological polar surface area (TPSA) is 93.6 Å². The first-order chi connectivity index (χ1) is 21.2. The second-order valence-corrected chi connectivity index (χ2v) is 11.1. The van der Waals surface area contributed by atoms with Gasteiger partial charge in [0.2, 0.25) is 5.60 Å². The molecule has 0 spiro atoms. The summed E-state index contributed by atoms with van der Waals surface area (Å²) in [5, 5.41) is 13.3. The SMILES string of the molecule is CC1COc2c1cc([C@@](O)(CNC(=O)c1cc(OC3CC3)c3ncc(C(F)F)cc3c1)C(F)(F)F)nc2-c1ccc(F)c(F)c1. The van der Waals surface area contributed by atoms with Gasteiger partial charge in [0.15, 0.2) is 11.6 Å². The molecule has 1 aliphatic heterocycles. The number of halogens is 7. The lowest BCUT2D eigenvalue weighted by molar-refractivity contribution is -0.265. The molecule has 6 rings (SSSR count). The van der Waals surface area contributed by atoms with Crippen LogP contribution in [0.25, 0.3) is 22.2 Å². The molecular formula is C31H24F7N3O4. The van der Waals surface area contributed by atoms with Crippen molar-refractivity contribution in [3.63, 3.8) is 0 Å². The van der Waals surface area contributed by atoms with Crippen LogP contribution in [0, 0.1) is 11.6 Å². The monoisotopic (exact) mass is 635 g/mol. The predicted octanol–water partition coefficient (Wildman–Crippen LogP) is 6.73. The Labute approximate surface area is 251 Å². The lowest BCUT2D eigenvalue weighted by Crippen LogP contribution is -2.51. The van der Waals surface area contributed by atoms with E-state index in [0.717, 1.165) is 49.4 Å². The van der Waals surface area contributed by atoms with Crippen LogP contribution < -0.4 is 14.8 Å². The summed E-state index contributed by atoms with van der Waals surface area (Å²) in [5.74, 6) is -3.81. The second-order valence-electron chi connectivity index (χ2n) is 11.1. The van der Waals surface area contributed by atoms with Crippen molar-refractivity contribution in [1.82, 2.24) is 15.3 Å². The number of aromatic nitrogens is 2. The molecule has 1 fully saturated rings. The Kier molecular flexibility index (Phi) is 7.58. The van der Waals surface area contributed by atoms with Gasteiger partial charge in [-0.15, -0.1) is 0 Å². The Bertz CT molecular complexity index is 1810. The number of pyridine rings is 2. The van der Waals surface area contributed by atoms with Crippen molar-refractivity contribution >= 4 is 16.8 Å². The molecule has 2 aliphatic rings. The summed E-state index contributed by atoms with van der Waals surface area (Å²) in [6, 6.07) is 7.18. The van der Waals surface area contributed by atoms with E-state index < -0.39 is 59.5 Å². The molecule has 2 atom stereocenters. The van der Waals surface area contributed by atoms with E-state index >= 15 is 0 Å². The van der Waals surface area contributed by atoms with Crippen molar-refractivity contribution in [2.24, 2.45) is 0 Å². The quantitative estimate of drug-likeness (QED) is 0.209. The van der Waals surface area contributed by atoms with E-state index in [9.17, 15) is 40.6 Å². The fourth-order valence-corrected chi connectivity index (χ4v) is 5.01. The summed E-state index contributed by atoms with van der Waals surface area (Å²) in [5.41, 5.74) is -5.21. The van der Waals surface area contributed by atoms with Gasteiger partial charge < -0.3 is 19.9 Å². The normalized spacial score (nSPS) is 17.6. The predicted molar refractivity (Wildman–Crippen MR) is 146 cm³/mol. The Hall–Kier alpha value is -4.46. The maximum Gasteiger partial charge on any atom is 0.424 e. The molecule has 1 aliphatic carbocycles. The zero-order chi connectivity index (χ0) is 32.3. The summed E-state index contributed by atoms with van der Waals surface area (Å²) < 4.78 is 110. The van der Waals surface area contributed by atoms with Crippen molar-refractivity contribution in [2.45, 2.75) is 50.0 Å². The number of aliphatic hydroxyl groups is 1. The van der Waals surface area contributed by atoms with E-state index in [0.29, 0.717) is 0 Å². The maximum atomic E-state index is 14.6. The van der Waals surface area contributed by atoms with Crippen molar-refractivity contribution in [2.75, 3.05) is 13.2 Å². The minimum atomic E-state index is -5.38. The standard InChI is InChI=1S/C31H24F7N3O4/c1-14-12-44-27-20(14)10-24(41-26(27)15-2-5-21(32)22(33)8-15)30(43,31(36,37)38)13-40-29(42)17-6-16-7-18(28(34)35)11-39-25(16)23(9-17)45-19-3-4-19/h2,5-11,14,19,28,43H,3-4,12-13H2,1H3,(H,40,42)/t14?,30-/m0/s1. The molecule has 3 heterocycles. The van der Waals surface area contributed by atoms with Crippen LogP contribution in [0.3, 0.4) is 0 Å². The summed E-state index contributed by atoms with van der Waals surface area (Å²) in [4.78, 5) is 21.3. The Morgan fingerprint density at radius 2 is 1.87 bits per heavy atom. The van der Waals surface area contributed by atoms with Crippen molar-refractivity contribution in [3.05, 3.63) is 82.7 Å². The minimum Gasteiger partial charge on any atom is -0.490 e. The van der Waals surface area contributed by atoms with Gasteiger partial charge in [-0.05, 0) is 55.3 Å². The third-order valence-corrected chi connectivity index (χ3v) is 7.70. The zero-order valence-electron chi connectivity index (χ0n) is 23.4. The van der Waals surface area contributed by atoms with Crippen molar-refractivity contribution < 1.29 is 50.1 Å².